The summed E-state index contributed by atoms with van der Waals surface area (Å²) in [5.74, 6) is 4.08. The monoisotopic (exact) mass is 409 g/mol. The number of ether oxygens (including phenoxy) is 1. The van der Waals surface area contributed by atoms with Crippen molar-refractivity contribution in [1.82, 2.24) is 9.97 Å². The Morgan fingerprint density at radius 3 is 2.31 bits per heavy atom. The van der Waals surface area contributed by atoms with E-state index in [9.17, 15) is 8.42 Å². The van der Waals surface area contributed by atoms with Crippen LogP contribution in [0.4, 0.5) is 23.1 Å². The van der Waals surface area contributed by atoms with Crippen LogP contribution in [0.5, 0.6) is 5.75 Å². The zero-order chi connectivity index (χ0) is 20.9. The molecule has 0 bridgehead atoms. The second-order valence-electron chi connectivity index (χ2n) is 6.06. The minimum atomic E-state index is -3.74. The van der Waals surface area contributed by atoms with Crippen LogP contribution in [0.1, 0.15) is 5.56 Å². The summed E-state index contributed by atoms with van der Waals surface area (Å²) in [6.45, 7) is 2.10. The average Bonchev–Trinajstić information content (AvgIpc) is 2.70. The number of aryl methyl sites for hydroxylation is 1. The van der Waals surface area contributed by atoms with Crippen LogP contribution in [0.2, 0.25) is 0 Å². The molecule has 9 heteroatoms. The van der Waals surface area contributed by atoms with Gasteiger partial charge >= 0.3 is 0 Å². The van der Waals surface area contributed by atoms with Gasteiger partial charge in [0.15, 0.2) is 0 Å². The van der Waals surface area contributed by atoms with E-state index in [1.807, 2.05) is 31.2 Å². The first-order valence-electron chi connectivity index (χ1n) is 8.52. The van der Waals surface area contributed by atoms with Crippen molar-refractivity contribution in [2.75, 3.05) is 17.2 Å². The summed E-state index contributed by atoms with van der Waals surface area (Å²) in [6, 6.07) is 13.3. The fraction of sp³-hybridized carbons (Fsp3) is 0.100. The lowest BCUT2D eigenvalue weighted by Crippen LogP contribution is -2.11. The summed E-state index contributed by atoms with van der Waals surface area (Å²) in [5, 5.41) is 11.4. The SMILES string of the molecule is C#CCOc1ccc(Nc2nc(Nc3ccc(S(N)(=O)=O)cc3)ncc2C)cc1. The highest BCUT2D eigenvalue weighted by Crippen LogP contribution is 2.23. The molecule has 0 aliphatic carbocycles. The highest BCUT2D eigenvalue weighted by Gasteiger charge is 2.08. The highest BCUT2D eigenvalue weighted by atomic mass is 32.2. The van der Waals surface area contributed by atoms with Gasteiger partial charge in [-0.15, -0.1) is 6.42 Å². The van der Waals surface area contributed by atoms with Crippen molar-refractivity contribution in [3.8, 4) is 18.1 Å². The van der Waals surface area contributed by atoms with Crippen molar-refractivity contribution in [1.29, 1.82) is 0 Å². The second kappa shape index (κ2) is 8.60. The average molecular weight is 409 g/mol. The molecule has 0 aliphatic heterocycles. The van der Waals surface area contributed by atoms with Gasteiger partial charge in [0.1, 0.15) is 18.2 Å². The summed E-state index contributed by atoms with van der Waals surface area (Å²) >= 11 is 0. The summed E-state index contributed by atoms with van der Waals surface area (Å²) in [7, 11) is -3.74. The molecule has 3 aromatic rings. The van der Waals surface area contributed by atoms with Crippen molar-refractivity contribution >= 4 is 33.2 Å². The molecule has 29 heavy (non-hydrogen) atoms. The van der Waals surface area contributed by atoms with Crippen LogP contribution >= 0.6 is 0 Å². The van der Waals surface area contributed by atoms with Crippen LogP contribution in [-0.4, -0.2) is 25.0 Å². The molecule has 4 N–H and O–H groups in total. The second-order valence-corrected chi connectivity index (χ2v) is 7.62. The van der Waals surface area contributed by atoms with E-state index in [0.717, 1.165) is 11.3 Å². The van der Waals surface area contributed by atoms with E-state index in [2.05, 4.69) is 26.5 Å². The van der Waals surface area contributed by atoms with Crippen molar-refractivity contribution < 1.29 is 13.2 Å². The molecule has 0 unspecified atom stereocenters. The predicted octanol–water partition coefficient (Wildman–Crippen LogP) is 2.93. The van der Waals surface area contributed by atoms with Crippen LogP contribution in [0.3, 0.4) is 0 Å². The minimum Gasteiger partial charge on any atom is -0.481 e. The molecule has 0 atom stereocenters. The highest BCUT2D eigenvalue weighted by molar-refractivity contribution is 7.89. The maximum Gasteiger partial charge on any atom is 0.238 e. The number of rotatable bonds is 7. The Balaban J connectivity index is 1.73. The molecule has 148 valence electrons. The van der Waals surface area contributed by atoms with E-state index < -0.39 is 10.0 Å². The first kappa shape index (κ1) is 20.1. The van der Waals surface area contributed by atoms with Crippen LogP contribution in [0.15, 0.2) is 59.6 Å². The quantitative estimate of drug-likeness (QED) is 0.513. The summed E-state index contributed by atoms with van der Waals surface area (Å²) in [4.78, 5) is 8.76. The third-order valence-electron chi connectivity index (χ3n) is 3.85. The number of nitrogens with zero attached hydrogens (tertiary/aromatic N) is 2. The topological polar surface area (TPSA) is 119 Å². The number of nitrogens with one attached hydrogen (secondary N) is 2. The van der Waals surface area contributed by atoms with Crippen molar-refractivity contribution in [2.45, 2.75) is 11.8 Å². The van der Waals surface area contributed by atoms with Gasteiger partial charge < -0.3 is 15.4 Å². The Morgan fingerprint density at radius 2 is 1.69 bits per heavy atom. The number of aromatic nitrogens is 2. The van der Waals surface area contributed by atoms with Gasteiger partial charge in [-0.3, -0.25) is 0 Å². The van der Waals surface area contributed by atoms with E-state index in [1.165, 1.54) is 12.1 Å². The van der Waals surface area contributed by atoms with E-state index in [-0.39, 0.29) is 11.5 Å². The number of terminal acetylenes is 1. The molecule has 0 amide bonds. The number of benzene rings is 2. The van der Waals surface area contributed by atoms with Crippen LogP contribution in [-0.2, 0) is 10.0 Å². The Bertz CT molecular complexity index is 1140. The minimum absolute atomic E-state index is 0.0323. The first-order valence-corrected chi connectivity index (χ1v) is 10.1. The maximum atomic E-state index is 11.3. The van der Waals surface area contributed by atoms with Gasteiger partial charge in [-0.25, -0.2) is 18.5 Å². The molecule has 0 aliphatic rings. The molecule has 0 radical (unpaired) electrons. The molecule has 0 fully saturated rings. The van der Waals surface area contributed by atoms with Crippen LogP contribution in [0, 0.1) is 19.3 Å². The molecular formula is C20H19N5O3S. The van der Waals surface area contributed by atoms with Crippen molar-refractivity contribution in [2.24, 2.45) is 5.14 Å². The Hall–Kier alpha value is -3.61. The molecule has 3 rings (SSSR count). The molecule has 0 saturated heterocycles. The predicted molar refractivity (Wildman–Crippen MR) is 112 cm³/mol. The Morgan fingerprint density at radius 1 is 1.07 bits per heavy atom. The largest absolute Gasteiger partial charge is 0.481 e. The number of hydrogen-bond acceptors (Lipinski definition) is 7. The maximum absolute atomic E-state index is 11.3. The van der Waals surface area contributed by atoms with E-state index in [4.69, 9.17) is 16.3 Å². The normalized spacial score (nSPS) is 10.8. The summed E-state index contributed by atoms with van der Waals surface area (Å²) < 4.78 is 28.0. The number of hydrogen-bond donors (Lipinski definition) is 3. The summed E-state index contributed by atoms with van der Waals surface area (Å²) in [6.07, 6.45) is 6.86. The van der Waals surface area contributed by atoms with Gasteiger partial charge in [-0.1, -0.05) is 5.92 Å². The van der Waals surface area contributed by atoms with E-state index >= 15 is 0 Å². The molecule has 2 aromatic carbocycles. The number of nitrogens with two attached hydrogens (primary N) is 1. The van der Waals surface area contributed by atoms with Gasteiger partial charge in [-0.2, -0.15) is 4.98 Å². The third kappa shape index (κ3) is 5.44. The zero-order valence-corrected chi connectivity index (χ0v) is 16.4. The lowest BCUT2D eigenvalue weighted by Gasteiger charge is -2.12. The van der Waals surface area contributed by atoms with Gasteiger partial charge in [0.25, 0.3) is 0 Å². The molecule has 0 saturated carbocycles. The lowest BCUT2D eigenvalue weighted by atomic mass is 10.3. The van der Waals surface area contributed by atoms with Crippen molar-refractivity contribution in [3.63, 3.8) is 0 Å². The molecule has 1 aromatic heterocycles. The Labute approximate surface area is 169 Å². The smallest absolute Gasteiger partial charge is 0.238 e. The van der Waals surface area contributed by atoms with Gasteiger partial charge in [-0.05, 0) is 55.5 Å². The summed E-state index contributed by atoms with van der Waals surface area (Å²) in [5.41, 5.74) is 2.30. The first-order chi connectivity index (χ1) is 13.8. The third-order valence-corrected chi connectivity index (χ3v) is 4.78. The molecular weight excluding hydrogens is 390 g/mol. The van der Waals surface area contributed by atoms with E-state index in [1.54, 1.807) is 18.3 Å². The molecule has 8 nitrogen and oxygen atoms in total. The fourth-order valence-corrected chi connectivity index (χ4v) is 2.90. The Kier molecular flexibility index (Phi) is 5.97. The van der Waals surface area contributed by atoms with Gasteiger partial charge in [0.05, 0.1) is 4.90 Å². The molecule has 1 heterocycles. The van der Waals surface area contributed by atoms with Gasteiger partial charge in [0, 0.05) is 23.1 Å². The number of sulfonamides is 1. The van der Waals surface area contributed by atoms with Crippen molar-refractivity contribution in [3.05, 3.63) is 60.3 Å². The van der Waals surface area contributed by atoms with Crippen LogP contribution in [0.25, 0.3) is 0 Å². The van der Waals surface area contributed by atoms with Crippen LogP contribution < -0.4 is 20.5 Å². The number of anilines is 4. The lowest BCUT2D eigenvalue weighted by molar-refractivity contribution is 0.370. The standard InChI is InChI=1S/C20H19N5O3S/c1-3-12-28-17-8-4-15(5-9-17)23-19-14(2)13-22-20(25-19)24-16-6-10-18(11-7-16)29(21,26)27/h1,4-11,13H,12H2,2H3,(H2,21,26,27)(H2,22,23,24,25). The van der Waals surface area contributed by atoms with E-state index in [0.29, 0.717) is 23.2 Å². The fourth-order valence-electron chi connectivity index (χ4n) is 2.38. The molecule has 0 spiro atoms. The van der Waals surface area contributed by atoms with Gasteiger partial charge in [0.2, 0.25) is 16.0 Å². The number of primary sulfonamides is 1. The zero-order valence-electron chi connectivity index (χ0n) is 15.6.